The monoisotopic (exact) mass is 1210 g/mol. The molecule has 5 aromatic carbocycles. The molecule has 0 spiro atoms. The number of ether oxygens (including phenoxy) is 7. The van der Waals surface area contributed by atoms with Crippen LogP contribution in [-0.4, -0.2) is 145 Å². The normalized spacial score (nSPS) is 17.5. The number of anilines is 4. The third-order valence-corrected chi connectivity index (χ3v) is 20.1. The van der Waals surface area contributed by atoms with Crippen LogP contribution in [0.5, 0.6) is 23.0 Å². The van der Waals surface area contributed by atoms with Crippen LogP contribution in [0.3, 0.4) is 0 Å². The molecule has 19 nitrogen and oxygen atoms in total. The van der Waals surface area contributed by atoms with Crippen molar-refractivity contribution in [1.29, 1.82) is 0 Å². The standard InChI is InChI=1S/C62H74N6O13S3/c1-62(2,83-82-25-18-58(84(72,73)74)59(69)65-44-14-8-9-15-44)39-66(19-20-78-23-24-79-22-21-75-3)45-27-40(37-80-56-33-50-48(31-54(56)76-4)60(70)67-46(35-63-50)29-42-12-6-10-16-52(42)67)26-41(28-45)38-81-57-34-51-49(32-55(57)77-5)61(71)68-47(36-64-51)30-43-13-7-11-17-53(43)68/h6-7,10-13,16-17,26-28,31-35,44,46-47,58,64H,8-9,14-15,18-25,29-30,36-39H2,1-5H3,(H,65,69)(H,72,73,74)/t46-,47-,58?/m0/s1. The maximum absolute atomic E-state index is 14.3. The summed E-state index contributed by atoms with van der Waals surface area (Å²) in [6.07, 6.45) is 6.67. The number of nitrogens with zero attached hydrogens (tertiary/aromatic N) is 4. The van der Waals surface area contributed by atoms with Gasteiger partial charge >= 0.3 is 0 Å². The number of nitrogens with one attached hydrogen (secondary N) is 2. The zero-order valence-corrected chi connectivity index (χ0v) is 50.6. The predicted octanol–water partition coefficient (Wildman–Crippen LogP) is 9.50. The topological polar surface area (TPSA) is 216 Å². The van der Waals surface area contributed by atoms with Gasteiger partial charge in [-0.3, -0.25) is 28.8 Å². The van der Waals surface area contributed by atoms with Gasteiger partial charge in [0, 0.05) is 85.1 Å². The van der Waals surface area contributed by atoms with Crippen molar-refractivity contribution >= 4 is 84.1 Å². The molecule has 1 unspecified atom stereocenters. The van der Waals surface area contributed by atoms with Gasteiger partial charge in [0.05, 0.1) is 81.8 Å². The minimum Gasteiger partial charge on any atom is -0.493 e. The first-order chi connectivity index (χ1) is 40.6. The molecule has 5 aromatic rings. The van der Waals surface area contributed by atoms with Gasteiger partial charge in [0.25, 0.3) is 21.9 Å². The van der Waals surface area contributed by atoms with E-state index in [9.17, 15) is 27.4 Å². The molecule has 10 rings (SSSR count). The second-order valence-corrected chi connectivity index (χ2v) is 26.9. The van der Waals surface area contributed by atoms with Crippen LogP contribution in [0.25, 0.3) is 0 Å². The average Bonchev–Trinajstić information content (AvgIpc) is 3.02. The molecule has 3 N–H and O–H groups in total. The van der Waals surface area contributed by atoms with Crippen molar-refractivity contribution < 1.29 is 60.5 Å². The van der Waals surface area contributed by atoms with Gasteiger partial charge in [-0.05, 0) is 104 Å². The predicted molar refractivity (Wildman–Crippen MR) is 329 cm³/mol. The van der Waals surface area contributed by atoms with Crippen molar-refractivity contribution in [3.63, 3.8) is 0 Å². The first-order valence-corrected chi connectivity index (χ1v) is 32.3. The summed E-state index contributed by atoms with van der Waals surface area (Å²) in [7, 11) is 3.08. The highest BCUT2D eigenvalue weighted by Gasteiger charge is 2.39. The summed E-state index contributed by atoms with van der Waals surface area (Å²) >= 11 is 0. The number of benzene rings is 5. The Morgan fingerprint density at radius 3 is 2.08 bits per heavy atom. The Morgan fingerprint density at radius 2 is 1.40 bits per heavy atom. The number of hydrogen-bond acceptors (Lipinski definition) is 17. The molecule has 448 valence electrons. The van der Waals surface area contributed by atoms with Gasteiger partial charge in [-0.15, -0.1) is 0 Å². The molecule has 3 atom stereocenters. The molecular weight excluding hydrogens is 1130 g/mol. The summed E-state index contributed by atoms with van der Waals surface area (Å²) in [6, 6.07) is 28.6. The van der Waals surface area contributed by atoms with Crippen molar-refractivity contribution in [2.75, 3.05) is 99.8 Å². The van der Waals surface area contributed by atoms with Crippen molar-refractivity contribution in [2.24, 2.45) is 4.99 Å². The molecule has 84 heavy (non-hydrogen) atoms. The zero-order chi connectivity index (χ0) is 59.0. The van der Waals surface area contributed by atoms with Crippen LogP contribution < -0.4 is 44.3 Å². The van der Waals surface area contributed by atoms with Gasteiger partial charge < -0.3 is 53.6 Å². The fourth-order valence-electron chi connectivity index (χ4n) is 11.6. The van der Waals surface area contributed by atoms with Gasteiger partial charge in [-0.2, -0.15) is 8.42 Å². The highest BCUT2D eigenvalue weighted by Crippen LogP contribution is 2.44. The van der Waals surface area contributed by atoms with Crippen LogP contribution in [0.2, 0.25) is 0 Å². The Hall–Kier alpha value is -6.53. The Labute approximate surface area is 499 Å². The SMILES string of the molecule is COCCOCCOCCN(CC(C)(C)SSCCC(C(=O)NC1CCCC1)S(=O)(=O)O)c1cc(COc2cc3c(cc2OC)C(=O)N2c4ccccc4C[C@H]2C=N3)cc(COc2cc3c(cc2OC)C(=O)N2c4ccccc4C[C@H]2CN3)c1. The fraction of sp³-hybridized carbons (Fsp3) is 0.452. The number of fused-ring (bicyclic) bond motifs is 8. The van der Waals surface area contributed by atoms with Crippen molar-refractivity contribution in [3.05, 3.63) is 124 Å². The Kier molecular flexibility index (Phi) is 19.6. The molecule has 22 heteroatoms. The Balaban J connectivity index is 0.924. The average molecular weight is 1210 g/mol. The first kappa shape index (κ1) is 60.6. The van der Waals surface area contributed by atoms with Gasteiger partial charge in [-0.25, -0.2) is 0 Å². The highest BCUT2D eigenvalue weighted by molar-refractivity contribution is 8.77. The van der Waals surface area contributed by atoms with Gasteiger partial charge in [0.2, 0.25) is 5.91 Å². The molecule has 4 heterocycles. The maximum Gasteiger partial charge on any atom is 0.276 e. The molecular formula is C62H74N6O13S3. The van der Waals surface area contributed by atoms with E-state index in [0.717, 1.165) is 71.4 Å². The van der Waals surface area contributed by atoms with E-state index in [1.165, 1.54) is 17.9 Å². The number of rotatable bonds is 28. The number of aliphatic imine (C=N–C) groups is 1. The lowest BCUT2D eigenvalue weighted by atomic mass is 10.1. The van der Waals surface area contributed by atoms with Crippen LogP contribution in [0.1, 0.15) is 88.9 Å². The van der Waals surface area contributed by atoms with Crippen LogP contribution in [0.4, 0.5) is 28.4 Å². The quantitative estimate of drug-likeness (QED) is 0.0241. The second-order valence-electron chi connectivity index (χ2n) is 22.1. The third kappa shape index (κ3) is 14.2. The number of hydrogen-bond donors (Lipinski definition) is 3. The van der Waals surface area contributed by atoms with E-state index in [2.05, 4.69) is 47.6 Å². The molecule has 1 aliphatic carbocycles. The summed E-state index contributed by atoms with van der Waals surface area (Å²) in [4.78, 5) is 52.5. The van der Waals surface area contributed by atoms with E-state index < -0.39 is 26.0 Å². The zero-order valence-electron chi connectivity index (χ0n) is 48.1. The molecule has 5 aliphatic rings. The minimum absolute atomic E-state index is 0.0550. The van der Waals surface area contributed by atoms with E-state index >= 15 is 0 Å². The fourth-order valence-corrected chi connectivity index (χ4v) is 15.1. The molecule has 4 aliphatic heterocycles. The maximum atomic E-state index is 14.3. The number of amides is 3. The summed E-state index contributed by atoms with van der Waals surface area (Å²) in [5, 5.41) is 4.81. The summed E-state index contributed by atoms with van der Waals surface area (Å²) in [5.41, 5.74) is 8.39. The van der Waals surface area contributed by atoms with E-state index in [1.54, 1.807) is 48.1 Å². The number of para-hydroxylation sites is 2. The first-order valence-electron chi connectivity index (χ1n) is 28.5. The molecule has 0 aromatic heterocycles. The van der Waals surface area contributed by atoms with Crippen LogP contribution in [-0.2, 0) is 55.2 Å². The van der Waals surface area contributed by atoms with E-state index in [1.807, 2.05) is 65.7 Å². The van der Waals surface area contributed by atoms with Crippen LogP contribution >= 0.6 is 21.6 Å². The van der Waals surface area contributed by atoms with Crippen LogP contribution in [0, 0.1) is 0 Å². The largest absolute Gasteiger partial charge is 0.493 e. The number of methoxy groups -OCH3 is 3. The van der Waals surface area contributed by atoms with Crippen molar-refractivity contribution in [2.45, 2.75) is 100 Å². The second kappa shape index (κ2) is 27.2. The minimum atomic E-state index is -4.65. The van der Waals surface area contributed by atoms with Crippen LogP contribution in [0.15, 0.2) is 96.0 Å². The van der Waals surface area contributed by atoms with Gasteiger partial charge in [-0.1, -0.05) is 70.8 Å². The lowest BCUT2D eigenvalue weighted by Crippen LogP contribution is -2.44. The lowest BCUT2D eigenvalue weighted by Gasteiger charge is -2.34. The molecule has 0 saturated heterocycles. The number of carbonyl (C=O) groups excluding carboxylic acids is 3. The van der Waals surface area contributed by atoms with Crippen molar-refractivity contribution in [1.82, 2.24) is 5.32 Å². The van der Waals surface area contributed by atoms with Gasteiger partial charge in [0.15, 0.2) is 28.2 Å². The summed E-state index contributed by atoms with van der Waals surface area (Å²) in [5.74, 6) is 0.937. The van der Waals surface area contributed by atoms with Gasteiger partial charge in [0.1, 0.15) is 13.2 Å². The summed E-state index contributed by atoms with van der Waals surface area (Å²) in [6.45, 7) is 7.86. The highest BCUT2D eigenvalue weighted by atomic mass is 33.1. The Bertz CT molecular complexity index is 3340. The lowest BCUT2D eigenvalue weighted by molar-refractivity contribution is -0.121. The number of carbonyl (C=O) groups is 3. The third-order valence-electron chi connectivity index (χ3n) is 15.7. The van der Waals surface area contributed by atoms with E-state index in [-0.39, 0.29) is 55.3 Å². The summed E-state index contributed by atoms with van der Waals surface area (Å²) < 4.78 is 76.8. The molecule has 1 fully saturated rings. The van der Waals surface area contributed by atoms with Crippen molar-refractivity contribution in [3.8, 4) is 23.0 Å². The molecule has 3 amide bonds. The van der Waals surface area contributed by atoms with E-state index in [4.69, 9.17) is 38.2 Å². The molecule has 1 saturated carbocycles. The Morgan fingerprint density at radius 1 is 0.786 bits per heavy atom. The molecule has 0 radical (unpaired) electrons. The molecule has 0 bridgehead atoms. The van der Waals surface area contributed by atoms with E-state index in [0.29, 0.717) is 105 Å². The smallest absolute Gasteiger partial charge is 0.276 e.